The number of carboxylic acids is 1. The monoisotopic (exact) mass is 588 g/mol. The average molecular weight is 589 g/mol. The second-order valence-corrected chi connectivity index (χ2v) is 14.8. The molecule has 8 heteroatoms. The predicted octanol–water partition coefficient (Wildman–Crippen LogP) is 6.82. The predicted molar refractivity (Wildman–Crippen MR) is 162 cm³/mol. The summed E-state index contributed by atoms with van der Waals surface area (Å²) in [5.41, 5.74) is 6.09. The van der Waals surface area contributed by atoms with Gasteiger partial charge in [0.1, 0.15) is 28.0 Å². The summed E-state index contributed by atoms with van der Waals surface area (Å²) in [5, 5.41) is 12.7. The van der Waals surface area contributed by atoms with Crippen LogP contribution in [0.4, 0.5) is 0 Å². The maximum Gasteiger partial charge on any atom is 0.304 e. The molecule has 2 fully saturated rings. The Hall–Kier alpha value is -3.49. The summed E-state index contributed by atoms with van der Waals surface area (Å²) in [6.07, 6.45) is 1.88. The molecule has 41 heavy (non-hydrogen) atoms. The second-order valence-electron chi connectivity index (χ2n) is 11.5. The third-order valence-electron chi connectivity index (χ3n) is 8.64. The van der Waals surface area contributed by atoms with Crippen molar-refractivity contribution < 1.29 is 27.9 Å². The first-order valence-electron chi connectivity index (χ1n) is 13.9. The molecule has 6 rings (SSSR count). The van der Waals surface area contributed by atoms with Crippen LogP contribution >= 0.6 is 11.3 Å². The van der Waals surface area contributed by atoms with Crippen LogP contribution in [0.25, 0.3) is 21.2 Å². The molecule has 0 radical (unpaired) electrons. The molecule has 1 saturated carbocycles. The van der Waals surface area contributed by atoms with Crippen LogP contribution in [0.3, 0.4) is 0 Å². The van der Waals surface area contributed by atoms with E-state index in [1.807, 2.05) is 24.3 Å². The Balaban J connectivity index is 1.17. The van der Waals surface area contributed by atoms with E-state index < -0.39 is 21.2 Å². The van der Waals surface area contributed by atoms with Crippen molar-refractivity contribution in [2.45, 2.75) is 57.0 Å². The van der Waals surface area contributed by atoms with Gasteiger partial charge in [0.25, 0.3) is 0 Å². The first kappa shape index (κ1) is 27.7. The Morgan fingerprint density at radius 3 is 2.39 bits per heavy atom. The van der Waals surface area contributed by atoms with Gasteiger partial charge in [-0.25, -0.2) is 8.42 Å². The zero-order chi connectivity index (χ0) is 28.8. The van der Waals surface area contributed by atoms with Gasteiger partial charge in [-0.05, 0) is 83.1 Å². The number of aliphatic carboxylic acids is 1. The lowest BCUT2D eigenvalue weighted by Gasteiger charge is -2.39. The number of ether oxygens (including phenoxy) is 1. The first-order chi connectivity index (χ1) is 19.6. The lowest BCUT2D eigenvalue weighted by Crippen LogP contribution is -2.43. The van der Waals surface area contributed by atoms with E-state index in [2.05, 4.69) is 48.7 Å². The summed E-state index contributed by atoms with van der Waals surface area (Å²) in [7, 11) is -2.88. The number of aryl methyl sites for hydroxylation is 1. The highest BCUT2D eigenvalue weighted by molar-refractivity contribution is 7.91. The molecule has 1 aliphatic carbocycles. The largest absolute Gasteiger partial charge is 0.489 e. The van der Waals surface area contributed by atoms with Gasteiger partial charge in [-0.1, -0.05) is 36.4 Å². The second kappa shape index (κ2) is 10.7. The van der Waals surface area contributed by atoms with Crippen LogP contribution in [0, 0.1) is 6.92 Å². The van der Waals surface area contributed by atoms with Crippen molar-refractivity contribution in [1.29, 1.82) is 0 Å². The number of rotatable bonds is 8. The Morgan fingerprint density at radius 2 is 1.73 bits per heavy atom. The Bertz CT molecular complexity index is 1730. The number of carboxylic acid groups (broad SMARTS) is 1. The molecular weight excluding hydrogens is 556 g/mol. The van der Waals surface area contributed by atoms with E-state index in [0.717, 1.165) is 11.1 Å². The summed E-state index contributed by atoms with van der Waals surface area (Å²) in [4.78, 5) is 23.0. The molecule has 2 heterocycles. The zero-order valence-corrected chi connectivity index (χ0v) is 24.5. The minimum atomic E-state index is -2.88. The number of fused-ring (bicyclic) bond motifs is 1. The van der Waals surface area contributed by atoms with E-state index >= 15 is 0 Å². The lowest BCUT2D eigenvalue weighted by atomic mass is 9.62. The molecule has 1 N–H and O–H groups in total. The number of carbonyl (C=O) groups is 2. The van der Waals surface area contributed by atoms with Crippen molar-refractivity contribution in [3.63, 3.8) is 0 Å². The van der Waals surface area contributed by atoms with Gasteiger partial charge >= 0.3 is 5.97 Å². The summed E-state index contributed by atoms with van der Waals surface area (Å²) >= 11 is 1.72. The van der Waals surface area contributed by atoms with Crippen molar-refractivity contribution in [2.75, 3.05) is 11.5 Å². The smallest absolute Gasteiger partial charge is 0.304 e. The van der Waals surface area contributed by atoms with Gasteiger partial charge in [-0.2, -0.15) is 0 Å². The van der Waals surface area contributed by atoms with E-state index in [0.29, 0.717) is 31.1 Å². The molecule has 0 atom stereocenters. The van der Waals surface area contributed by atoms with Crippen molar-refractivity contribution >= 4 is 43.0 Å². The maximum atomic E-state index is 11.9. The standard InChI is InChI=1S/C33H32O6S2/c1-21-14-24(23-10-12-41(37,38)13-11-23)3-8-28(21)30-20-40-31-9-2-22(15-29(30)31)19-39-27-6-4-25(5-7-27)33(18-32(35)36)16-26(34)17-33/h2-9,14-15,20,23H,10-13,16-19H2,1H3,(H,35,36). The fourth-order valence-corrected chi connectivity index (χ4v) is 8.77. The van der Waals surface area contributed by atoms with Crippen LogP contribution in [0.1, 0.15) is 60.3 Å². The van der Waals surface area contributed by atoms with E-state index in [1.54, 1.807) is 11.3 Å². The van der Waals surface area contributed by atoms with E-state index in [1.165, 1.54) is 32.3 Å². The first-order valence-corrected chi connectivity index (χ1v) is 16.6. The van der Waals surface area contributed by atoms with Gasteiger partial charge in [-0.15, -0.1) is 11.3 Å². The normalized spacial score (nSPS) is 18.2. The molecule has 0 bridgehead atoms. The van der Waals surface area contributed by atoms with Gasteiger partial charge in [0.2, 0.25) is 0 Å². The number of hydrogen-bond acceptors (Lipinski definition) is 6. The molecule has 2 aliphatic rings. The lowest BCUT2D eigenvalue weighted by molar-refractivity contribution is -0.141. The maximum absolute atomic E-state index is 11.9. The summed E-state index contributed by atoms with van der Waals surface area (Å²) in [6, 6.07) is 20.4. The van der Waals surface area contributed by atoms with Crippen LogP contribution in [0.2, 0.25) is 0 Å². The van der Waals surface area contributed by atoms with Gasteiger partial charge in [0.15, 0.2) is 0 Å². The number of Topliss-reactive ketones (excluding diaryl/α,β-unsaturated/α-hetero) is 1. The van der Waals surface area contributed by atoms with Crippen LogP contribution in [-0.4, -0.2) is 36.8 Å². The topological polar surface area (TPSA) is 97.7 Å². The molecule has 1 aliphatic heterocycles. The van der Waals surface area contributed by atoms with Crippen LogP contribution < -0.4 is 4.74 Å². The number of thiophene rings is 1. The van der Waals surface area contributed by atoms with Gasteiger partial charge in [0.05, 0.1) is 17.9 Å². The minimum Gasteiger partial charge on any atom is -0.489 e. The zero-order valence-electron chi connectivity index (χ0n) is 22.9. The van der Waals surface area contributed by atoms with Crippen molar-refractivity contribution in [1.82, 2.24) is 0 Å². The number of carbonyl (C=O) groups excluding carboxylic acids is 1. The highest BCUT2D eigenvalue weighted by atomic mass is 32.2. The highest BCUT2D eigenvalue weighted by Crippen LogP contribution is 2.45. The van der Waals surface area contributed by atoms with Crippen LogP contribution in [0.15, 0.2) is 66.0 Å². The average Bonchev–Trinajstić information content (AvgIpc) is 3.34. The van der Waals surface area contributed by atoms with E-state index in [-0.39, 0.29) is 36.6 Å². The number of hydrogen-bond donors (Lipinski definition) is 1. The molecule has 3 aromatic carbocycles. The molecule has 4 aromatic rings. The molecule has 0 unspecified atom stereocenters. The molecular formula is C33H32O6S2. The SMILES string of the molecule is Cc1cc(C2CCS(=O)(=O)CC2)ccc1-c1csc2ccc(COc3ccc(C4(CC(=O)O)CC(=O)C4)cc3)cc12. The molecule has 0 spiro atoms. The highest BCUT2D eigenvalue weighted by Gasteiger charge is 2.46. The molecule has 1 aromatic heterocycles. The number of sulfone groups is 1. The van der Waals surface area contributed by atoms with Crippen molar-refractivity contribution in [2.24, 2.45) is 0 Å². The third-order valence-corrected chi connectivity index (χ3v) is 11.3. The van der Waals surface area contributed by atoms with Crippen molar-refractivity contribution in [3.8, 4) is 16.9 Å². The third kappa shape index (κ3) is 5.68. The minimum absolute atomic E-state index is 0.0466. The Labute approximate surface area is 243 Å². The number of benzene rings is 3. The van der Waals surface area contributed by atoms with Gasteiger partial charge in [0, 0.05) is 33.9 Å². The Morgan fingerprint density at radius 1 is 1.00 bits per heavy atom. The summed E-state index contributed by atoms with van der Waals surface area (Å²) in [5.74, 6) is 0.737. The fourth-order valence-electron chi connectivity index (χ4n) is 6.34. The van der Waals surface area contributed by atoms with Crippen LogP contribution in [-0.2, 0) is 31.4 Å². The van der Waals surface area contributed by atoms with Crippen LogP contribution in [0.5, 0.6) is 5.75 Å². The molecule has 1 saturated heterocycles. The van der Waals surface area contributed by atoms with Gasteiger partial charge < -0.3 is 9.84 Å². The van der Waals surface area contributed by atoms with E-state index in [9.17, 15) is 23.1 Å². The Kier molecular flexibility index (Phi) is 7.24. The fraction of sp³-hybridized carbons (Fsp3) is 0.333. The number of ketones is 1. The summed E-state index contributed by atoms with van der Waals surface area (Å²) < 4.78 is 31.0. The van der Waals surface area contributed by atoms with Crippen molar-refractivity contribution in [3.05, 3.63) is 88.3 Å². The molecule has 212 valence electrons. The van der Waals surface area contributed by atoms with E-state index in [4.69, 9.17) is 4.74 Å². The summed E-state index contributed by atoms with van der Waals surface area (Å²) in [6.45, 7) is 2.52. The quantitative estimate of drug-likeness (QED) is 0.243. The molecule has 6 nitrogen and oxygen atoms in total. The van der Waals surface area contributed by atoms with Gasteiger partial charge in [-0.3, -0.25) is 9.59 Å². The molecule has 0 amide bonds.